The van der Waals surface area contributed by atoms with Crippen LogP contribution in [0, 0.1) is 11.8 Å². The second-order valence-corrected chi connectivity index (χ2v) is 6.39. The van der Waals surface area contributed by atoms with E-state index in [2.05, 4.69) is 57.3 Å². The molecular weight excluding hydrogens is 230 g/mol. The molecule has 1 aromatic rings. The summed E-state index contributed by atoms with van der Waals surface area (Å²) < 4.78 is 0. The third-order valence-corrected chi connectivity index (χ3v) is 4.88. The fourth-order valence-corrected chi connectivity index (χ4v) is 3.44. The van der Waals surface area contributed by atoms with Gasteiger partial charge in [0, 0.05) is 12.1 Å². The van der Waals surface area contributed by atoms with Crippen LogP contribution >= 0.6 is 0 Å². The van der Waals surface area contributed by atoms with E-state index in [-0.39, 0.29) is 0 Å². The van der Waals surface area contributed by atoms with E-state index >= 15 is 0 Å². The predicted molar refractivity (Wildman–Crippen MR) is 83.3 cm³/mol. The summed E-state index contributed by atoms with van der Waals surface area (Å²) in [5.41, 5.74) is 2.84. The lowest BCUT2D eigenvalue weighted by Gasteiger charge is -2.37. The van der Waals surface area contributed by atoms with Gasteiger partial charge in [0.25, 0.3) is 0 Å². The van der Waals surface area contributed by atoms with Crippen molar-refractivity contribution in [2.75, 3.05) is 0 Å². The first kappa shape index (κ1) is 14.6. The summed E-state index contributed by atoms with van der Waals surface area (Å²) in [6.07, 6.45) is 5.28. The molecule has 0 bridgehead atoms. The van der Waals surface area contributed by atoms with E-state index in [1.165, 1.54) is 30.4 Å². The second kappa shape index (κ2) is 6.56. The summed E-state index contributed by atoms with van der Waals surface area (Å²) in [6.45, 7) is 9.32. The van der Waals surface area contributed by atoms with Crippen molar-refractivity contribution in [1.29, 1.82) is 0 Å². The van der Waals surface area contributed by atoms with Gasteiger partial charge in [0.15, 0.2) is 0 Å². The minimum absolute atomic E-state index is 0.457. The van der Waals surface area contributed by atoms with Gasteiger partial charge in [-0.3, -0.25) is 0 Å². The van der Waals surface area contributed by atoms with E-state index in [1.807, 2.05) is 0 Å². The highest BCUT2D eigenvalue weighted by molar-refractivity contribution is 5.24. The highest BCUT2D eigenvalue weighted by Gasteiger charge is 2.28. The molecule has 0 spiro atoms. The largest absolute Gasteiger partial charge is 0.307 e. The minimum Gasteiger partial charge on any atom is -0.307 e. The Bertz CT molecular complexity index is 371. The fourth-order valence-electron chi connectivity index (χ4n) is 3.44. The molecule has 1 heteroatoms. The van der Waals surface area contributed by atoms with Gasteiger partial charge in [0.2, 0.25) is 0 Å². The Hall–Kier alpha value is -0.820. The summed E-state index contributed by atoms with van der Waals surface area (Å²) in [4.78, 5) is 0. The maximum Gasteiger partial charge on any atom is 0.0294 e. The smallest absolute Gasteiger partial charge is 0.0294 e. The predicted octanol–water partition coefficient (Wildman–Crippen LogP) is 4.72. The van der Waals surface area contributed by atoms with Gasteiger partial charge in [-0.05, 0) is 49.1 Å². The molecular formula is C18H29N. The van der Waals surface area contributed by atoms with Gasteiger partial charge in [-0.25, -0.2) is 0 Å². The number of aryl methyl sites for hydroxylation is 1. The highest BCUT2D eigenvalue weighted by Crippen LogP contribution is 2.30. The molecule has 3 unspecified atom stereocenters. The molecule has 0 aromatic heterocycles. The highest BCUT2D eigenvalue weighted by atomic mass is 15.0. The Morgan fingerprint density at radius 2 is 1.68 bits per heavy atom. The van der Waals surface area contributed by atoms with E-state index in [9.17, 15) is 0 Å². The van der Waals surface area contributed by atoms with Crippen LogP contribution < -0.4 is 5.32 Å². The molecule has 106 valence electrons. The van der Waals surface area contributed by atoms with Crippen LogP contribution in [-0.4, -0.2) is 6.04 Å². The second-order valence-electron chi connectivity index (χ2n) is 6.39. The van der Waals surface area contributed by atoms with Crippen molar-refractivity contribution in [2.24, 2.45) is 11.8 Å². The average Bonchev–Trinajstić information content (AvgIpc) is 2.43. The van der Waals surface area contributed by atoms with Crippen molar-refractivity contribution in [3.8, 4) is 0 Å². The lowest BCUT2D eigenvalue weighted by molar-refractivity contribution is 0.196. The molecule has 0 amide bonds. The topological polar surface area (TPSA) is 12.0 Å². The van der Waals surface area contributed by atoms with Crippen LogP contribution in [0.2, 0.25) is 0 Å². The Labute approximate surface area is 118 Å². The van der Waals surface area contributed by atoms with E-state index in [4.69, 9.17) is 0 Å². The summed E-state index contributed by atoms with van der Waals surface area (Å²) in [7, 11) is 0. The molecule has 2 rings (SSSR count). The standard InChI is InChI=1S/C18H29N/c1-5-16-9-11-17(12-10-16)15(4)19-18-13(2)7-6-8-14(18)3/h9-15,18-19H,5-8H2,1-4H3. The van der Waals surface area contributed by atoms with Crippen LogP contribution in [-0.2, 0) is 6.42 Å². The molecule has 0 aliphatic heterocycles. The van der Waals surface area contributed by atoms with Gasteiger partial charge < -0.3 is 5.32 Å². The number of hydrogen-bond acceptors (Lipinski definition) is 1. The summed E-state index contributed by atoms with van der Waals surface area (Å²) >= 11 is 0. The first-order chi connectivity index (χ1) is 9.11. The summed E-state index contributed by atoms with van der Waals surface area (Å²) in [6, 6.07) is 10.2. The van der Waals surface area contributed by atoms with Crippen molar-refractivity contribution in [1.82, 2.24) is 5.32 Å². The molecule has 1 aliphatic rings. The monoisotopic (exact) mass is 259 g/mol. The van der Waals surface area contributed by atoms with Gasteiger partial charge in [0.05, 0.1) is 0 Å². The maximum absolute atomic E-state index is 3.87. The third kappa shape index (κ3) is 3.60. The summed E-state index contributed by atoms with van der Waals surface area (Å²) in [5.74, 6) is 1.61. The first-order valence-electron chi connectivity index (χ1n) is 7.96. The number of rotatable bonds is 4. The molecule has 1 saturated carbocycles. The third-order valence-electron chi connectivity index (χ3n) is 4.88. The molecule has 0 heterocycles. The molecule has 0 saturated heterocycles. The molecule has 1 aromatic carbocycles. The van der Waals surface area contributed by atoms with Gasteiger partial charge in [-0.2, -0.15) is 0 Å². The molecule has 1 nitrogen and oxygen atoms in total. The molecule has 1 aliphatic carbocycles. The zero-order valence-corrected chi connectivity index (χ0v) is 12.9. The maximum atomic E-state index is 3.87. The van der Waals surface area contributed by atoms with Crippen LogP contribution in [0.25, 0.3) is 0 Å². The van der Waals surface area contributed by atoms with Crippen molar-refractivity contribution in [3.63, 3.8) is 0 Å². The molecule has 0 radical (unpaired) electrons. The lowest BCUT2D eigenvalue weighted by atomic mass is 9.78. The molecule has 1 N–H and O–H groups in total. The Kier molecular flexibility index (Phi) is 5.04. The molecule has 3 atom stereocenters. The van der Waals surface area contributed by atoms with Crippen LogP contribution in [0.3, 0.4) is 0 Å². The van der Waals surface area contributed by atoms with Crippen molar-refractivity contribution in [3.05, 3.63) is 35.4 Å². The average molecular weight is 259 g/mol. The van der Waals surface area contributed by atoms with Crippen molar-refractivity contribution in [2.45, 2.75) is 65.5 Å². The van der Waals surface area contributed by atoms with Gasteiger partial charge >= 0.3 is 0 Å². The van der Waals surface area contributed by atoms with Crippen LogP contribution in [0.1, 0.15) is 64.1 Å². The van der Waals surface area contributed by atoms with Crippen LogP contribution in [0.15, 0.2) is 24.3 Å². The number of hydrogen-bond donors (Lipinski definition) is 1. The summed E-state index contributed by atoms with van der Waals surface area (Å²) in [5, 5.41) is 3.87. The van der Waals surface area contributed by atoms with E-state index in [0.717, 1.165) is 18.3 Å². The number of benzene rings is 1. The van der Waals surface area contributed by atoms with E-state index < -0.39 is 0 Å². The quantitative estimate of drug-likeness (QED) is 0.824. The zero-order chi connectivity index (χ0) is 13.8. The van der Waals surface area contributed by atoms with E-state index in [0.29, 0.717) is 12.1 Å². The Morgan fingerprint density at radius 3 is 2.21 bits per heavy atom. The first-order valence-corrected chi connectivity index (χ1v) is 7.96. The van der Waals surface area contributed by atoms with Crippen LogP contribution in [0.4, 0.5) is 0 Å². The van der Waals surface area contributed by atoms with Gasteiger partial charge in [-0.15, -0.1) is 0 Å². The molecule has 19 heavy (non-hydrogen) atoms. The number of nitrogens with one attached hydrogen (secondary N) is 1. The van der Waals surface area contributed by atoms with Crippen molar-refractivity contribution < 1.29 is 0 Å². The van der Waals surface area contributed by atoms with Gasteiger partial charge in [-0.1, -0.05) is 51.5 Å². The Morgan fingerprint density at radius 1 is 1.11 bits per heavy atom. The lowest BCUT2D eigenvalue weighted by Crippen LogP contribution is -2.43. The SMILES string of the molecule is CCc1ccc(C(C)NC2C(C)CCCC2C)cc1. The van der Waals surface area contributed by atoms with Crippen molar-refractivity contribution >= 4 is 0 Å². The van der Waals surface area contributed by atoms with Gasteiger partial charge in [0.1, 0.15) is 0 Å². The minimum atomic E-state index is 0.457. The molecule has 1 fully saturated rings. The Balaban J connectivity index is 2.00. The normalized spacial score (nSPS) is 29.2. The van der Waals surface area contributed by atoms with E-state index in [1.54, 1.807) is 0 Å². The van der Waals surface area contributed by atoms with Crippen LogP contribution in [0.5, 0.6) is 0 Å². The fraction of sp³-hybridized carbons (Fsp3) is 0.667. The zero-order valence-electron chi connectivity index (χ0n) is 12.9.